The second-order valence-electron chi connectivity index (χ2n) is 3.41. The lowest BCUT2D eigenvalue weighted by molar-refractivity contribution is 0.0764. The van der Waals surface area contributed by atoms with Gasteiger partial charge in [0.1, 0.15) is 0 Å². The van der Waals surface area contributed by atoms with E-state index in [0.717, 1.165) is 10.9 Å². The van der Waals surface area contributed by atoms with Crippen LogP contribution in [-0.4, -0.2) is 29.8 Å². The van der Waals surface area contributed by atoms with Crippen molar-refractivity contribution in [3.63, 3.8) is 0 Å². The summed E-state index contributed by atoms with van der Waals surface area (Å²) >= 11 is 9.03. The zero-order chi connectivity index (χ0) is 12.0. The predicted molar refractivity (Wildman–Crippen MR) is 71.1 cm³/mol. The number of benzene rings is 1. The van der Waals surface area contributed by atoms with Crippen LogP contribution in [-0.2, 0) is 0 Å². The minimum Gasteiger partial charge on any atom is -0.339 e. The Hall–Kier alpha value is -0.540. The fourth-order valence-corrected chi connectivity index (χ4v) is 2.03. The molecule has 4 heteroatoms. The lowest BCUT2D eigenvalue weighted by Gasteiger charge is -2.21. The molecule has 1 aromatic carbocycles. The van der Waals surface area contributed by atoms with Crippen LogP contribution in [0.4, 0.5) is 0 Å². The second kappa shape index (κ2) is 6.92. The Morgan fingerprint density at radius 3 is 2.69 bits per heavy atom. The highest BCUT2D eigenvalue weighted by Gasteiger charge is 2.15. The molecular weight excluding hydrogens is 289 g/mol. The van der Waals surface area contributed by atoms with Crippen molar-refractivity contribution < 1.29 is 4.79 Å². The summed E-state index contributed by atoms with van der Waals surface area (Å²) < 4.78 is 0.837. The molecule has 1 aromatic rings. The Balaban J connectivity index is 2.79. The van der Waals surface area contributed by atoms with Gasteiger partial charge in [-0.15, -0.1) is 11.6 Å². The average Bonchev–Trinajstić information content (AvgIpc) is 2.30. The maximum atomic E-state index is 12.2. The number of alkyl halides is 1. The van der Waals surface area contributed by atoms with Crippen molar-refractivity contribution in [1.29, 1.82) is 0 Å². The molecule has 16 heavy (non-hydrogen) atoms. The maximum Gasteiger partial charge on any atom is 0.254 e. The van der Waals surface area contributed by atoms with Gasteiger partial charge >= 0.3 is 0 Å². The van der Waals surface area contributed by atoms with Crippen molar-refractivity contribution >= 4 is 33.4 Å². The first kappa shape index (κ1) is 13.5. The highest BCUT2D eigenvalue weighted by atomic mass is 79.9. The lowest BCUT2D eigenvalue weighted by atomic mass is 10.2. The van der Waals surface area contributed by atoms with Crippen LogP contribution in [0.1, 0.15) is 23.7 Å². The van der Waals surface area contributed by atoms with E-state index in [9.17, 15) is 4.79 Å². The molecule has 0 saturated heterocycles. The van der Waals surface area contributed by atoms with E-state index in [0.29, 0.717) is 24.5 Å². The first-order chi connectivity index (χ1) is 7.70. The van der Waals surface area contributed by atoms with E-state index in [2.05, 4.69) is 15.9 Å². The summed E-state index contributed by atoms with van der Waals surface area (Å²) in [7, 11) is 0. The fraction of sp³-hybridized carbons (Fsp3) is 0.417. The molecule has 2 nitrogen and oxygen atoms in total. The molecule has 0 N–H and O–H groups in total. The summed E-state index contributed by atoms with van der Waals surface area (Å²) in [4.78, 5) is 14.0. The van der Waals surface area contributed by atoms with Gasteiger partial charge in [-0.3, -0.25) is 4.79 Å². The number of carbonyl (C=O) groups is 1. The van der Waals surface area contributed by atoms with Crippen LogP contribution in [0.25, 0.3) is 0 Å². The van der Waals surface area contributed by atoms with Gasteiger partial charge in [-0.25, -0.2) is 0 Å². The molecule has 0 atom stereocenters. The molecule has 0 fully saturated rings. The summed E-state index contributed by atoms with van der Waals surface area (Å²) in [6.45, 7) is 3.39. The molecule has 88 valence electrons. The molecule has 0 aliphatic heterocycles. The number of rotatable bonds is 5. The van der Waals surface area contributed by atoms with Gasteiger partial charge in [0.25, 0.3) is 5.91 Å². The standard InChI is InChI=1S/C12H15BrClNO/c1-2-15(9-5-8-14)12(16)10-6-3-4-7-11(10)13/h3-4,6-7H,2,5,8-9H2,1H3. The van der Waals surface area contributed by atoms with E-state index in [-0.39, 0.29) is 5.91 Å². The summed E-state index contributed by atoms with van der Waals surface area (Å²) in [5.74, 6) is 0.639. The molecule has 0 spiro atoms. The summed E-state index contributed by atoms with van der Waals surface area (Å²) in [5, 5.41) is 0. The molecule has 0 aromatic heterocycles. The highest BCUT2D eigenvalue weighted by molar-refractivity contribution is 9.10. The van der Waals surface area contributed by atoms with Gasteiger partial charge in [0, 0.05) is 23.4 Å². The molecular formula is C12H15BrClNO. The zero-order valence-corrected chi connectivity index (χ0v) is 11.6. The first-order valence-electron chi connectivity index (χ1n) is 5.30. The van der Waals surface area contributed by atoms with Gasteiger partial charge < -0.3 is 4.90 Å². The number of carbonyl (C=O) groups excluding carboxylic acids is 1. The summed E-state index contributed by atoms with van der Waals surface area (Å²) in [6.07, 6.45) is 0.825. The van der Waals surface area contributed by atoms with Crippen LogP contribution >= 0.6 is 27.5 Å². The lowest BCUT2D eigenvalue weighted by Crippen LogP contribution is -2.32. The van der Waals surface area contributed by atoms with E-state index in [4.69, 9.17) is 11.6 Å². The zero-order valence-electron chi connectivity index (χ0n) is 9.25. The largest absolute Gasteiger partial charge is 0.339 e. The Bertz CT molecular complexity index is 357. The minimum absolute atomic E-state index is 0.0556. The van der Waals surface area contributed by atoms with Crippen LogP contribution in [0.3, 0.4) is 0 Å². The van der Waals surface area contributed by atoms with Gasteiger partial charge in [-0.05, 0) is 41.4 Å². The summed E-state index contributed by atoms with van der Waals surface area (Å²) in [5.41, 5.74) is 0.707. The quantitative estimate of drug-likeness (QED) is 0.762. The molecule has 0 radical (unpaired) electrons. The van der Waals surface area contributed by atoms with Gasteiger partial charge in [0.15, 0.2) is 0 Å². The van der Waals surface area contributed by atoms with Crippen LogP contribution in [0.15, 0.2) is 28.7 Å². The van der Waals surface area contributed by atoms with Crippen molar-refractivity contribution in [2.45, 2.75) is 13.3 Å². The van der Waals surface area contributed by atoms with E-state index >= 15 is 0 Å². The molecule has 0 unspecified atom stereocenters. The van der Waals surface area contributed by atoms with Gasteiger partial charge in [-0.1, -0.05) is 12.1 Å². The molecule has 0 saturated carbocycles. The fourth-order valence-electron chi connectivity index (χ4n) is 1.46. The molecule has 1 amide bonds. The van der Waals surface area contributed by atoms with E-state index in [1.165, 1.54) is 0 Å². The molecule has 1 rings (SSSR count). The van der Waals surface area contributed by atoms with Crippen molar-refractivity contribution in [3.8, 4) is 0 Å². The third-order valence-corrected chi connectivity index (χ3v) is 3.29. The van der Waals surface area contributed by atoms with Crippen LogP contribution in [0.5, 0.6) is 0 Å². The topological polar surface area (TPSA) is 20.3 Å². The van der Waals surface area contributed by atoms with Gasteiger partial charge in [0.2, 0.25) is 0 Å². The number of nitrogens with zero attached hydrogens (tertiary/aromatic N) is 1. The Kier molecular flexibility index (Phi) is 5.85. The smallest absolute Gasteiger partial charge is 0.254 e. The normalized spacial score (nSPS) is 10.2. The average molecular weight is 305 g/mol. The van der Waals surface area contributed by atoms with Crippen molar-refractivity contribution in [1.82, 2.24) is 4.90 Å². The minimum atomic E-state index is 0.0556. The Morgan fingerprint density at radius 2 is 2.12 bits per heavy atom. The Morgan fingerprint density at radius 1 is 1.44 bits per heavy atom. The van der Waals surface area contributed by atoms with E-state index in [1.54, 1.807) is 0 Å². The van der Waals surface area contributed by atoms with Crippen molar-refractivity contribution in [2.75, 3.05) is 19.0 Å². The monoisotopic (exact) mass is 303 g/mol. The second-order valence-corrected chi connectivity index (χ2v) is 4.64. The first-order valence-corrected chi connectivity index (χ1v) is 6.63. The molecule has 0 bridgehead atoms. The van der Waals surface area contributed by atoms with Gasteiger partial charge in [-0.2, -0.15) is 0 Å². The third-order valence-electron chi connectivity index (χ3n) is 2.33. The van der Waals surface area contributed by atoms with Crippen LogP contribution in [0, 0.1) is 0 Å². The van der Waals surface area contributed by atoms with Crippen LogP contribution in [0.2, 0.25) is 0 Å². The maximum absolute atomic E-state index is 12.2. The molecule has 0 aliphatic carbocycles. The molecule has 0 heterocycles. The number of amides is 1. The third kappa shape index (κ3) is 3.49. The van der Waals surface area contributed by atoms with Gasteiger partial charge in [0.05, 0.1) is 5.56 Å². The van der Waals surface area contributed by atoms with Crippen molar-refractivity contribution in [3.05, 3.63) is 34.3 Å². The predicted octanol–water partition coefficient (Wildman–Crippen LogP) is 3.54. The number of hydrogen-bond acceptors (Lipinski definition) is 1. The number of hydrogen-bond donors (Lipinski definition) is 0. The molecule has 0 aliphatic rings. The summed E-state index contributed by atoms with van der Waals surface area (Å²) in [6, 6.07) is 7.47. The van der Waals surface area contributed by atoms with E-state index < -0.39 is 0 Å². The van der Waals surface area contributed by atoms with E-state index in [1.807, 2.05) is 36.1 Å². The number of halogens is 2. The van der Waals surface area contributed by atoms with Crippen molar-refractivity contribution in [2.24, 2.45) is 0 Å². The highest BCUT2D eigenvalue weighted by Crippen LogP contribution is 2.17. The van der Waals surface area contributed by atoms with Crippen LogP contribution < -0.4 is 0 Å². The Labute approximate surface area is 110 Å². The SMILES string of the molecule is CCN(CCCCl)C(=O)c1ccccc1Br.